The minimum Gasteiger partial charge on any atom is -0.380 e. The Hall–Kier alpha value is -1.02. The van der Waals surface area contributed by atoms with Crippen LogP contribution in [-0.2, 0) is 10.2 Å². The van der Waals surface area contributed by atoms with Gasteiger partial charge in [0.15, 0.2) is 0 Å². The van der Waals surface area contributed by atoms with Crippen LogP contribution in [0.4, 0.5) is 5.69 Å². The predicted molar refractivity (Wildman–Crippen MR) is 72.6 cm³/mol. The number of benzene rings is 1. The number of hydrogen-bond donors (Lipinski definition) is 1. The highest BCUT2D eigenvalue weighted by Crippen LogP contribution is 2.25. The van der Waals surface area contributed by atoms with E-state index in [0.29, 0.717) is 12.1 Å². The van der Waals surface area contributed by atoms with Gasteiger partial charge in [-0.2, -0.15) is 0 Å². The molecule has 1 saturated heterocycles. The van der Waals surface area contributed by atoms with E-state index in [2.05, 4.69) is 57.3 Å². The minimum absolute atomic E-state index is 0.224. The quantitative estimate of drug-likeness (QED) is 0.843. The molecule has 17 heavy (non-hydrogen) atoms. The summed E-state index contributed by atoms with van der Waals surface area (Å²) in [5, 5.41) is 3.54. The fourth-order valence-electron chi connectivity index (χ4n) is 2.20. The summed E-state index contributed by atoms with van der Waals surface area (Å²) in [6.07, 6.45) is 1.42. The smallest absolute Gasteiger partial charge is 0.0748 e. The SMILES string of the molecule is CC1OCCC1Nc1ccc(C(C)(C)C)cc1. The lowest BCUT2D eigenvalue weighted by molar-refractivity contribution is 0.121. The van der Waals surface area contributed by atoms with E-state index in [1.807, 2.05) is 0 Å². The zero-order valence-electron chi connectivity index (χ0n) is 11.3. The maximum absolute atomic E-state index is 5.55. The van der Waals surface area contributed by atoms with Crippen molar-refractivity contribution in [3.05, 3.63) is 29.8 Å². The third-order valence-electron chi connectivity index (χ3n) is 3.48. The molecule has 1 aliphatic heterocycles. The van der Waals surface area contributed by atoms with E-state index < -0.39 is 0 Å². The first-order chi connectivity index (χ1) is 7.97. The first-order valence-corrected chi connectivity index (χ1v) is 6.45. The molecular weight excluding hydrogens is 210 g/mol. The predicted octanol–water partition coefficient (Wildman–Crippen LogP) is 3.57. The van der Waals surface area contributed by atoms with Crippen molar-refractivity contribution in [1.82, 2.24) is 0 Å². The van der Waals surface area contributed by atoms with Crippen LogP contribution in [0.3, 0.4) is 0 Å². The Balaban J connectivity index is 2.03. The molecule has 94 valence electrons. The highest BCUT2D eigenvalue weighted by atomic mass is 16.5. The number of anilines is 1. The number of ether oxygens (including phenoxy) is 1. The van der Waals surface area contributed by atoms with E-state index in [4.69, 9.17) is 4.74 Å². The van der Waals surface area contributed by atoms with E-state index in [9.17, 15) is 0 Å². The van der Waals surface area contributed by atoms with E-state index in [-0.39, 0.29) is 5.41 Å². The molecule has 1 aliphatic rings. The summed E-state index contributed by atoms with van der Waals surface area (Å²) >= 11 is 0. The van der Waals surface area contributed by atoms with Crippen LogP contribution in [0, 0.1) is 0 Å². The molecule has 0 aromatic heterocycles. The lowest BCUT2D eigenvalue weighted by Gasteiger charge is -2.21. The van der Waals surface area contributed by atoms with Crippen LogP contribution < -0.4 is 5.32 Å². The monoisotopic (exact) mass is 233 g/mol. The molecule has 2 unspecified atom stereocenters. The third-order valence-corrected chi connectivity index (χ3v) is 3.48. The topological polar surface area (TPSA) is 21.3 Å². The molecular formula is C15H23NO. The first-order valence-electron chi connectivity index (χ1n) is 6.45. The van der Waals surface area contributed by atoms with Crippen molar-refractivity contribution in [2.45, 2.75) is 51.7 Å². The molecule has 2 nitrogen and oxygen atoms in total. The van der Waals surface area contributed by atoms with Crippen molar-refractivity contribution < 1.29 is 4.74 Å². The van der Waals surface area contributed by atoms with E-state index in [0.717, 1.165) is 13.0 Å². The zero-order valence-corrected chi connectivity index (χ0v) is 11.3. The Labute approximate surface area is 104 Å². The normalized spacial score (nSPS) is 24.9. The Kier molecular flexibility index (Phi) is 3.43. The highest BCUT2D eigenvalue weighted by Gasteiger charge is 2.23. The Bertz CT molecular complexity index is 364. The molecule has 1 N–H and O–H groups in total. The van der Waals surface area contributed by atoms with Crippen molar-refractivity contribution >= 4 is 5.69 Å². The van der Waals surface area contributed by atoms with Gasteiger partial charge >= 0.3 is 0 Å². The largest absolute Gasteiger partial charge is 0.380 e. The van der Waals surface area contributed by atoms with Gasteiger partial charge in [-0.15, -0.1) is 0 Å². The Morgan fingerprint density at radius 3 is 2.29 bits per heavy atom. The second kappa shape index (κ2) is 4.69. The summed E-state index contributed by atoms with van der Waals surface area (Å²) in [5.41, 5.74) is 2.79. The number of nitrogens with one attached hydrogen (secondary N) is 1. The van der Waals surface area contributed by atoms with Crippen LogP contribution in [0.15, 0.2) is 24.3 Å². The lowest BCUT2D eigenvalue weighted by Crippen LogP contribution is -2.26. The molecule has 0 aliphatic carbocycles. The summed E-state index contributed by atoms with van der Waals surface area (Å²) in [6, 6.07) is 9.22. The molecule has 1 aromatic rings. The molecule has 0 saturated carbocycles. The maximum atomic E-state index is 5.55. The molecule has 0 spiro atoms. The molecule has 2 heteroatoms. The van der Waals surface area contributed by atoms with Crippen LogP contribution in [0.25, 0.3) is 0 Å². The van der Waals surface area contributed by atoms with Crippen molar-refractivity contribution in [2.24, 2.45) is 0 Å². The standard InChI is InChI=1S/C15H23NO/c1-11-14(9-10-17-11)16-13-7-5-12(6-8-13)15(2,3)4/h5-8,11,14,16H,9-10H2,1-4H3. The van der Waals surface area contributed by atoms with Crippen molar-refractivity contribution in [3.63, 3.8) is 0 Å². The first kappa shape index (κ1) is 12.4. The van der Waals surface area contributed by atoms with Crippen LogP contribution in [0.1, 0.15) is 39.7 Å². The van der Waals surface area contributed by atoms with Crippen LogP contribution >= 0.6 is 0 Å². The van der Waals surface area contributed by atoms with Gasteiger partial charge in [0.2, 0.25) is 0 Å². The van der Waals surface area contributed by atoms with Gasteiger partial charge in [0.1, 0.15) is 0 Å². The average Bonchev–Trinajstić information content (AvgIpc) is 2.64. The van der Waals surface area contributed by atoms with Gasteiger partial charge in [-0.1, -0.05) is 32.9 Å². The number of hydrogen-bond acceptors (Lipinski definition) is 2. The van der Waals surface area contributed by atoms with Crippen molar-refractivity contribution in [1.29, 1.82) is 0 Å². The minimum atomic E-state index is 0.224. The van der Waals surface area contributed by atoms with E-state index in [1.165, 1.54) is 11.3 Å². The van der Waals surface area contributed by atoms with E-state index >= 15 is 0 Å². The molecule has 0 radical (unpaired) electrons. The fourth-order valence-corrected chi connectivity index (χ4v) is 2.20. The van der Waals surface area contributed by atoms with Gasteiger partial charge in [0.25, 0.3) is 0 Å². The van der Waals surface area contributed by atoms with Crippen molar-refractivity contribution in [3.8, 4) is 0 Å². The number of rotatable bonds is 2. The molecule has 2 rings (SSSR count). The van der Waals surface area contributed by atoms with Gasteiger partial charge in [-0.3, -0.25) is 0 Å². The Morgan fingerprint density at radius 2 is 1.82 bits per heavy atom. The summed E-state index contributed by atoms with van der Waals surface area (Å²) in [7, 11) is 0. The van der Waals surface area contributed by atoms with Gasteiger partial charge in [-0.05, 0) is 36.5 Å². The van der Waals surface area contributed by atoms with E-state index in [1.54, 1.807) is 0 Å². The summed E-state index contributed by atoms with van der Waals surface area (Å²) in [6.45, 7) is 9.72. The van der Waals surface area contributed by atoms with Crippen LogP contribution in [0.5, 0.6) is 0 Å². The second-order valence-electron chi connectivity index (χ2n) is 5.94. The molecule has 0 amide bonds. The van der Waals surface area contributed by atoms with Gasteiger partial charge in [0, 0.05) is 12.3 Å². The third kappa shape index (κ3) is 3.01. The second-order valence-corrected chi connectivity index (χ2v) is 5.94. The lowest BCUT2D eigenvalue weighted by atomic mass is 9.87. The molecule has 0 bridgehead atoms. The van der Waals surface area contributed by atoms with Crippen molar-refractivity contribution in [2.75, 3.05) is 11.9 Å². The van der Waals surface area contributed by atoms with Gasteiger partial charge in [-0.25, -0.2) is 0 Å². The molecule has 2 atom stereocenters. The average molecular weight is 233 g/mol. The van der Waals surface area contributed by atoms with Gasteiger partial charge < -0.3 is 10.1 Å². The highest BCUT2D eigenvalue weighted by molar-refractivity contribution is 5.46. The summed E-state index contributed by atoms with van der Waals surface area (Å²) < 4.78 is 5.55. The molecule has 1 aromatic carbocycles. The Morgan fingerprint density at radius 1 is 1.18 bits per heavy atom. The molecule has 1 fully saturated rings. The fraction of sp³-hybridized carbons (Fsp3) is 0.600. The maximum Gasteiger partial charge on any atom is 0.0748 e. The van der Waals surface area contributed by atoms with Crippen LogP contribution in [0.2, 0.25) is 0 Å². The summed E-state index contributed by atoms with van der Waals surface area (Å²) in [5.74, 6) is 0. The van der Waals surface area contributed by atoms with Gasteiger partial charge in [0.05, 0.1) is 12.1 Å². The zero-order chi connectivity index (χ0) is 12.5. The molecule has 1 heterocycles. The summed E-state index contributed by atoms with van der Waals surface area (Å²) in [4.78, 5) is 0. The van der Waals surface area contributed by atoms with Crippen LogP contribution in [-0.4, -0.2) is 18.8 Å².